The molecule has 0 radical (unpaired) electrons. The lowest BCUT2D eigenvalue weighted by Crippen LogP contribution is -2.40. The van der Waals surface area contributed by atoms with Crippen LogP contribution in [0.25, 0.3) is 0 Å². The molecule has 0 aromatic carbocycles. The molecule has 0 atom stereocenters. The Morgan fingerprint density at radius 3 is 2.64 bits per heavy atom. The zero-order valence-electron chi connectivity index (χ0n) is 14.7. The molecule has 1 aromatic heterocycles. The number of rotatable bonds is 9. The van der Waals surface area contributed by atoms with Gasteiger partial charge in [0.15, 0.2) is 9.84 Å². The molecule has 8 heteroatoms. The smallest absolute Gasteiger partial charge is 0.318 e. The number of hydrogen-bond donors (Lipinski definition) is 1. The number of carbonyl (C=O) groups is 1. The van der Waals surface area contributed by atoms with Gasteiger partial charge in [0.25, 0.3) is 0 Å². The van der Waals surface area contributed by atoms with E-state index >= 15 is 0 Å². The first-order valence-corrected chi connectivity index (χ1v) is 10.5. The van der Waals surface area contributed by atoms with E-state index in [0.717, 1.165) is 44.8 Å². The average Bonchev–Trinajstić information content (AvgIpc) is 2.59. The number of pyridine rings is 1. The summed E-state index contributed by atoms with van der Waals surface area (Å²) in [5.74, 6) is -0.632. The number of sulfone groups is 1. The van der Waals surface area contributed by atoms with Gasteiger partial charge in [-0.2, -0.15) is 0 Å². The summed E-state index contributed by atoms with van der Waals surface area (Å²) in [7, 11) is -3.53. The molecule has 1 saturated heterocycles. The van der Waals surface area contributed by atoms with Gasteiger partial charge in [0.1, 0.15) is 11.6 Å². The van der Waals surface area contributed by atoms with Crippen LogP contribution in [0.5, 0.6) is 0 Å². The molecular formula is C17H27N3O4S. The van der Waals surface area contributed by atoms with E-state index in [9.17, 15) is 13.2 Å². The van der Waals surface area contributed by atoms with Gasteiger partial charge in [-0.15, -0.1) is 0 Å². The van der Waals surface area contributed by atoms with Gasteiger partial charge in [-0.1, -0.05) is 13.0 Å². The minimum absolute atomic E-state index is 0.0973. The molecule has 0 amide bonds. The van der Waals surface area contributed by atoms with E-state index in [1.807, 2.05) is 25.1 Å². The third kappa shape index (κ3) is 6.62. The number of carboxylic acids is 1. The fraction of sp³-hybridized carbons (Fsp3) is 0.647. The lowest BCUT2D eigenvalue weighted by atomic mass is 9.96. The molecule has 1 aliphatic rings. The highest BCUT2D eigenvalue weighted by Gasteiger charge is 2.23. The summed E-state index contributed by atoms with van der Waals surface area (Å²) in [5.41, 5.74) is 0. The summed E-state index contributed by atoms with van der Waals surface area (Å²) in [6.45, 7) is 5.94. The Morgan fingerprint density at radius 1 is 1.36 bits per heavy atom. The second-order valence-electron chi connectivity index (χ2n) is 6.50. The van der Waals surface area contributed by atoms with Crippen molar-refractivity contribution in [3.05, 3.63) is 24.4 Å². The highest BCUT2D eigenvalue weighted by atomic mass is 32.2. The first-order valence-electron chi connectivity index (χ1n) is 8.70. The van der Waals surface area contributed by atoms with Crippen molar-refractivity contribution in [2.24, 2.45) is 5.92 Å². The van der Waals surface area contributed by atoms with Gasteiger partial charge in [0.05, 0.1) is 5.75 Å². The first kappa shape index (κ1) is 19.7. The van der Waals surface area contributed by atoms with Crippen LogP contribution in [0.1, 0.15) is 19.8 Å². The van der Waals surface area contributed by atoms with Crippen molar-refractivity contribution in [3.8, 4) is 0 Å². The summed E-state index contributed by atoms with van der Waals surface area (Å²) in [4.78, 5) is 19.4. The van der Waals surface area contributed by atoms with Gasteiger partial charge >= 0.3 is 5.97 Å². The number of anilines is 1. The standard InChI is InChI=1S/C17H27N3O4S/c1-2-19(11-12-25(23,24)14-17(21)22)13-15-6-9-20(10-7-15)16-5-3-4-8-18-16/h3-5,8,15H,2,6-7,9-14H2,1H3,(H,21,22). The molecular weight excluding hydrogens is 342 g/mol. The summed E-state index contributed by atoms with van der Waals surface area (Å²) < 4.78 is 23.5. The van der Waals surface area contributed by atoms with E-state index < -0.39 is 21.6 Å². The Morgan fingerprint density at radius 2 is 2.08 bits per heavy atom. The first-order chi connectivity index (χ1) is 11.9. The summed E-state index contributed by atoms with van der Waals surface area (Å²) >= 11 is 0. The third-order valence-corrected chi connectivity index (χ3v) is 6.10. The van der Waals surface area contributed by atoms with Crippen LogP contribution in [0, 0.1) is 5.92 Å². The van der Waals surface area contributed by atoms with Crippen LogP contribution < -0.4 is 4.90 Å². The van der Waals surface area contributed by atoms with Crippen LogP contribution in [-0.2, 0) is 14.6 Å². The van der Waals surface area contributed by atoms with Gasteiger partial charge in [0, 0.05) is 32.4 Å². The van der Waals surface area contributed by atoms with E-state index in [4.69, 9.17) is 5.11 Å². The van der Waals surface area contributed by atoms with E-state index in [0.29, 0.717) is 12.5 Å². The lowest BCUT2D eigenvalue weighted by Gasteiger charge is -2.35. The quantitative estimate of drug-likeness (QED) is 0.697. The molecule has 0 unspecified atom stereocenters. The Hall–Kier alpha value is -1.67. The highest BCUT2D eigenvalue weighted by Crippen LogP contribution is 2.22. The van der Waals surface area contributed by atoms with Crippen LogP contribution in [-0.4, -0.2) is 73.6 Å². The molecule has 25 heavy (non-hydrogen) atoms. The lowest BCUT2D eigenvalue weighted by molar-refractivity contribution is -0.134. The molecule has 7 nitrogen and oxygen atoms in total. The van der Waals surface area contributed by atoms with Crippen LogP contribution in [0.15, 0.2) is 24.4 Å². The molecule has 0 spiro atoms. The van der Waals surface area contributed by atoms with Gasteiger partial charge in [-0.25, -0.2) is 13.4 Å². The molecule has 2 heterocycles. The molecule has 2 rings (SSSR count). The average molecular weight is 369 g/mol. The molecule has 0 aliphatic carbocycles. The summed E-state index contributed by atoms with van der Waals surface area (Å²) in [6, 6.07) is 5.92. The Labute approximate surface area is 149 Å². The monoisotopic (exact) mass is 369 g/mol. The SMILES string of the molecule is CCN(CCS(=O)(=O)CC(=O)O)CC1CCN(c2ccccn2)CC1. The number of aromatic nitrogens is 1. The third-order valence-electron chi connectivity index (χ3n) is 4.61. The van der Waals surface area contributed by atoms with E-state index in [1.54, 1.807) is 6.20 Å². The van der Waals surface area contributed by atoms with Gasteiger partial charge in [0.2, 0.25) is 0 Å². The number of piperidine rings is 1. The van der Waals surface area contributed by atoms with Crippen LogP contribution in [0.4, 0.5) is 5.82 Å². The molecule has 1 fully saturated rings. The predicted molar refractivity (Wildman–Crippen MR) is 97.6 cm³/mol. The van der Waals surface area contributed by atoms with Crippen molar-refractivity contribution < 1.29 is 18.3 Å². The highest BCUT2D eigenvalue weighted by molar-refractivity contribution is 7.92. The zero-order chi connectivity index (χ0) is 18.3. The van der Waals surface area contributed by atoms with Crippen molar-refractivity contribution in [3.63, 3.8) is 0 Å². The summed E-state index contributed by atoms with van der Waals surface area (Å²) in [5, 5.41) is 8.65. The minimum Gasteiger partial charge on any atom is -0.480 e. The maximum Gasteiger partial charge on any atom is 0.318 e. The maximum absolute atomic E-state index is 11.7. The number of hydrogen-bond acceptors (Lipinski definition) is 6. The molecule has 0 saturated carbocycles. The summed E-state index contributed by atoms with van der Waals surface area (Å²) in [6.07, 6.45) is 3.90. The molecule has 1 aliphatic heterocycles. The van der Waals surface area contributed by atoms with Crippen LogP contribution >= 0.6 is 0 Å². The topological polar surface area (TPSA) is 90.8 Å². The largest absolute Gasteiger partial charge is 0.480 e. The van der Waals surface area contributed by atoms with Gasteiger partial charge in [-0.05, 0) is 37.4 Å². The Bertz CT molecular complexity index is 643. The number of nitrogens with zero attached hydrogens (tertiary/aromatic N) is 3. The normalized spacial score (nSPS) is 16.3. The van der Waals surface area contributed by atoms with Crippen molar-refractivity contribution in [2.45, 2.75) is 19.8 Å². The van der Waals surface area contributed by atoms with Crippen molar-refractivity contribution in [1.82, 2.24) is 9.88 Å². The van der Waals surface area contributed by atoms with E-state index in [1.165, 1.54) is 0 Å². The van der Waals surface area contributed by atoms with Gasteiger partial charge in [-0.3, -0.25) is 4.79 Å². The van der Waals surface area contributed by atoms with E-state index in [-0.39, 0.29) is 5.75 Å². The predicted octanol–water partition coefficient (Wildman–Crippen LogP) is 1.12. The fourth-order valence-corrected chi connectivity index (χ4v) is 4.21. The van der Waals surface area contributed by atoms with Crippen LogP contribution in [0.2, 0.25) is 0 Å². The van der Waals surface area contributed by atoms with Crippen molar-refractivity contribution in [2.75, 3.05) is 49.1 Å². The molecule has 1 N–H and O–H groups in total. The second kappa shape index (κ2) is 9.15. The molecule has 1 aromatic rings. The molecule has 140 valence electrons. The van der Waals surface area contributed by atoms with Crippen LogP contribution in [0.3, 0.4) is 0 Å². The minimum atomic E-state index is -3.53. The second-order valence-corrected chi connectivity index (χ2v) is 8.68. The molecule has 0 bridgehead atoms. The number of aliphatic carboxylic acids is 1. The Kier molecular flexibility index (Phi) is 7.19. The fourth-order valence-electron chi connectivity index (χ4n) is 3.16. The van der Waals surface area contributed by atoms with E-state index in [2.05, 4.69) is 14.8 Å². The zero-order valence-corrected chi connectivity index (χ0v) is 15.5. The number of carboxylic acid groups (broad SMARTS) is 1. The Balaban J connectivity index is 1.78. The maximum atomic E-state index is 11.7. The van der Waals surface area contributed by atoms with Gasteiger partial charge < -0.3 is 14.9 Å². The van der Waals surface area contributed by atoms with Crippen molar-refractivity contribution >= 4 is 21.6 Å². The van der Waals surface area contributed by atoms with Crippen molar-refractivity contribution in [1.29, 1.82) is 0 Å².